The highest BCUT2D eigenvalue weighted by atomic mass is 19.1. The van der Waals surface area contributed by atoms with Crippen LogP contribution < -0.4 is 0 Å². The number of ketones is 1. The van der Waals surface area contributed by atoms with Crippen molar-refractivity contribution in [1.29, 1.82) is 0 Å². The minimum atomic E-state index is -0.394. The van der Waals surface area contributed by atoms with Gasteiger partial charge < -0.3 is 4.42 Å². The maximum Gasteiger partial charge on any atom is 0.159 e. The number of carbonyl (C=O) groups excluding carboxylic acids is 1. The Hall–Kier alpha value is -1.90. The van der Waals surface area contributed by atoms with E-state index in [0.29, 0.717) is 16.9 Å². The van der Waals surface area contributed by atoms with Crippen LogP contribution in [0.4, 0.5) is 4.39 Å². The lowest BCUT2D eigenvalue weighted by molar-refractivity contribution is 0.101. The molecule has 0 aliphatic rings. The SMILES string of the molecule is CC(=O)c1ccc(F)c(-c2ccco2)c1. The molecule has 0 unspecified atom stereocenters. The molecule has 0 N–H and O–H groups in total. The second kappa shape index (κ2) is 3.69. The Morgan fingerprint density at radius 3 is 2.73 bits per heavy atom. The lowest BCUT2D eigenvalue weighted by Crippen LogP contribution is -1.93. The summed E-state index contributed by atoms with van der Waals surface area (Å²) in [5.74, 6) is -0.0617. The zero-order valence-electron chi connectivity index (χ0n) is 8.16. The maximum atomic E-state index is 13.4. The van der Waals surface area contributed by atoms with E-state index in [2.05, 4.69) is 0 Å². The number of benzene rings is 1. The minimum Gasteiger partial charge on any atom is -0.464 e. The van der Waals surface area contributed by atoms with Gasteiger partial charge in [0, 0.05) is 5.56 Å². The molecule has 0 aliphatic carbocycles. The van der Waals surface area contributed by atoms with Gasteiger partial charge in [-0.2, -0.15) is 0 Å². The average Bonchev–Trinajstić information content (AvgIpc) is 2.71. The van der Waals surface area contributed by atoms with Crippen LogP contribution in [0.2, 0.25) is 0 Å². The molecule has 0 atom stereocenters. The second-order valence-corrected chi connectivity index (χ2v) is 3.23. The molecule has 0 saturated heterocycles. The van der Waals surface area contributed by atoms with E-state index in [4.69, 9.17) is 4.42 Å². The highest BCUT2D eigenvalue weighted by Gasteiger charge is 2.10. The molecule has 2 nitrogen and oxygen atoms in total. The van der Waals surface area contributed by atoms with Crippen molar-refractivity contribution in [3.63, 3.8) is 0 Å². The fourth-order valence-electron chi connectivity index (χ4n) is 1.36. The summed E-state index contributed by atoms with van der Waals surface area (Å²) in [5.41, 5.74) is 0.788. The van der Waals surface area contributed by atoms with Gasteiger partial charge in [-0.15, -0.1) is 0 Å². The molecular weight excluding hydrogens is 195 g/mol. The summed E-state index contributed by atoms with van der Waals surface area (Å²) in [5, 5.41) is 0. The van der Waals surface area contributed by atoms with Crippen molar-refractivity contribution in [2.75, 3.05) is 0 Å². The zero-order chi connectivity index (χ0) is 10.8. The van der Waals surface area contributed by atoms with Crippen molar-refractivity contribution < 1.29 is 13.6 Å². The van der Waals surface area contributed by atoms with E-state index >= 15 is 0 Å². The first kappa shape index (κ1) is 9.65. The minimum absolute atomic E-state index is 0.0946. The quantitative estimate of drug-likeness (QED) is 0.702. The first-order valence-electron chi connectivity index (χ1n) is 4.53. The fourth-order valence-corrected chi connectivity index (χ4v) is 1.36. The molecule has 1 aromatic carbocycles. The summed E-state index contributed by atoms with van der Waals surface area (Å²) in [7, 11) is 0. The molecule has 1 aromatic heterocycles. The number of rotatable bonds is 2. The van der Waals surface area contributed by atoms with Gasteiger partial charge in [0.25, 0.3) is 0 Å². The number of Topliss-reactive ketones (excluding diaryl/α,β-unsaturated/α-hetero) is 1. The topological polar surface area (TPSA) is 30.2 Å². The van der Waals surface area contributed by atoms with Gasteiger partial charge in [0.05, 0.1) is 11.8 Å². The molecule has 0 spiro atoms. The smallest absolute Gasteiger partial charge is 0.159 e. The van der Waals surface area contributed by atoms with E-state index < -0.39 is 5.82 Å². The highest BCUT2D eigenvalue weighted by molar-refractivity contribution is 5.95. The first-order chi connectivity index (χ1) is 7.18. The summed E-state index contributed by atoms with van der Waals surface area (Å²) in [6, 6.07) is 7.56. The van der Waals surface area contributed by atoms with Gasteiger partial charge in [0.2, 0.25) is 0 Å². The molecule has 0 saturated carbocycles. The standard InChI is InChI=1S/C12H9FO2/c1-8(14)9-4-5-11(13)10(7-9)12-3-2-6-15-12/h2-7H,1H3. The lowest BCUT2D eigenvalue weighted by Gasteiger charge is -2.01. The molecule has 0 bridgehead atoms. The van der Waals surface area contributed by atoms with Gasteiger partial charge in [0.15, 0.2) is 5.78 Å². The molecule has 0 radical (unpaired) electrons. The monoisotopic (exact) mass is 204 g/mol. The summed E-state index contributed by atoms with van der Waals surface area (Å²) in [4.78, 5) is 11.1. The average molecular weight is 204 g/mol. The van der Waals surface area contributed by atoms with E-state index in [1.807, 2.05) is 0 Å². The van der Waals surface area contributed by atoms with Gasteiger partial charge in [0.1, 0.15) is 11.6 Å². The van der Waals surface area contributed by atoms with E-state index in [1.165, 1.54) is 31.4 Å². The van der Waals surface area contributed by atoms with Gasteiger partial charge in [-0.3, -0.25) is 4.79 Å². The van der Waals surface area contributed by atoms with Crippen molar-refractivity contribution in [3.8, 4) is 11.3 Å². The number of hydrogen-bond donors (Lipinski definition) is 0. The molecule has 2 rings (SSSR count). The molecular formula is C12H9FO2. The number of halogens is 1. The van der Waals surface area contributed by atoms with E-state index in [-0.39, 0.29) is 5.78 Å². The third kappa shape index (κ3) is 1.81. The van der Waals surface area contributed by atoms with Gasteiger partial charge in [-0.25, -0.2) is 4.39 Å². The number of hydrogen-bond acceptors (Lipinski definition) is 2. The maximum absolute atomic E-state index is 13.4. The predicted molar refractivity (Wildman–Crippen MR) is 54.1 cm³/mol. The number of furan rings is 1. The van der Waals surface area contributed by atoms with Crippen LogP contribution in [0.5, 0.6) is 0 Å². The molecule has 2 aromatic rings. The van der Waals surface area contributed by atoms with E-state index in [9.17, 15) is 9.18 Å². The van der Waals surface area contributed by atoms with Crippen LogP contribution in [-0.2, 0) is 0 Å². The van der Waals surface area contributed by atoms with Gasteiger partial charge in [-0.05, 0) is 37.3 Å². The van der Waals surface area contributed by atoms with Crippen molar-refractivity contribution in [2.45, 2.75) is 6.92 Å². The molecule has 1 heterocycles. The lowest BCUT2D eigenvalue weighted by atomic mass is 10.1. The Balaban J connectivity index is 2.55. The Morgan fingerprint density at radius 1 is 1.33 bits per heavy atom. The van der Waals surface area contributed by atoms with Crippen molar-refractivity contribution in [3.05, 3.63) is 48.0 Å². The zero-order valence-corrected chi connectivity index (χ0v) is 8.16. The van der Waals surface area contributed by atoms with E-state index in [0.717, 1.165) is 0 Å². The molecule has 0 aliphatic heterocycles. The molecule has 0 amide bonds. The first-order valence-corrected chi connectivity index (χ1v) is 4.53. The van der Waals surface area contributed by atoms with Crippen molar-refractivity contribution in [1.82, 2.24) is 0 Å². The van der Waals surface area contributed by atoms with Crippen LogP contribution in [0.25, 0.3) is 11.3 Å². The summed E-state index contributed by atoms with van der Waals surface area (Å²) >= 11 is 0. The Labute approximate surface area is 86.3 Å². The van der Waals surface area contributed by atoms with Crippen LogP contribution in [0, 0.1) is 5.82 Å². The van der Waals surface area contributed by atoms with E-state index in [1.54, 1.807) is 12.1 Å². The normalized spacial score (nSPS) is 10.3. The largest absolute Gasteiger partial charge is 0.464 e. The predicted octanol–water partition coefficient (Wildman–Crippen LogP) is 3.29. The third-order valence-electron chi connectivity index (χ3n) is 2.16. The van der Waals surface area contributed by atoms with Crippen LogP contribution in [0.1, 0.15) is 17.3 Å². The summed E-state index contributed by atoms with van der Waals surface area (Å²) < 4.78 is 18.5. The number of carbonyl (C=O) groups is 1. The molecule has 0 fully saturated rings. The van der Waals surface area contributed by atoms with Crippen LogP contribution in [0.15, 0.2) is 41.0 Å². The Bertz CT molecular complexity index is 486. The van der Waals surface area contributed by atoms with Crippen molar-refractivity contribution >= 4 is 5.78 Å². The molecule has 76 valence electrons. The molecule has 15 heavy (non-hydrogen) atoms. The van der Waals surface area contributed by atoms with Gasteiger partial charge in [-0.1, -0.05) is 0 Å². The Morgan fingerprint density at radius 2 is 2.13 bits per heavy atom. The fraction of sp³-hybridized carbons (Fsp3) is 0.0833. The van der Waals surface area contributed by atoms with Crippen LogP contribution >= 0.6 is 0 Å². The highest BCUT2D eigenvalue weighted by Crippen LogP contribution is 2.24. The van der Waals surface area contributed by atoms with Gasteiger partial charge >= 0.3 is 0 Å². The molecule has 3 heteroatoms. The summed E-state index contributed by atoms with van der Waals surface area (Å²) in [6.07, 6.45) is 1.47. The second-order valence-electron chi connectivity index (χ2n) is 3.23. The van der Waals surface area contributed by atoms with Crippen molar-refractivity contribution in [2.24, 2.45) is 0 Å². The summed E-state index contributed by atoms with van der Waals surface area (Å²) in [6.45, 7) is 1.44. The third-order valence-corrected chi connectivity index (χ3v) is 2.16. The van der Waals surface area contributed by atoms with Crippen LogP contribution in [-0.4, -0.2) is 5.78 Å². The Kier molecular flexibility index (Phi) is 2.37. The van der Waals surface area contributed by atoms with Crippen LogP contribution in [0.3, 0.4) is 0 Å².